The monoisotopic (exact) mass is 370 g/mol. The Balaban J connectivity index is 0.00000288. The number of fused-ring (bicyclic) bond motifs is 1. The molecule has 0 bridgehead atoms. The van der Waals surface area contributed by atoms with Gasteiger partial charge in [-0.05, 0) is 12.8 Å². The average molecular weight is 370 g/mol. The Labute approximate surface area is 164 Å². The molecule has 1 aliphatic carbocycles. The van der Waals surface area contributed by atoms with Crippen molar-refractivity contribution in [2.45, 2.75) is 62.5 Å². The minimum atomic E-state index is -4.90. The Kier molecular flexibility index (Phi) is 8.19. The molecule has 0 spiro atoms. The molecule has 1 saturated heterocycles. The minimum Gasteiger partial charge on any atom is -0.550 e. The molecular weight excluding hydrogens is 347 g/mol. The van der Waals surface area contributed by atoms with Crippen molar-refractivity contribution in [1.82, 2.24) is 0 Å². The Bertz CT molecular complexity index is 562. The first-order chi connectivity index (χ1) is 10.8. The van der Waals surface area contributed by atoms with Crippen molar-refractivity contribution in [1.29, 1.82) is 0 Å². The standard InChI is InChI=1S/C15H24O7S.Na/c16-13(17)12-11-9-7-5-3-1-2-4-6-8-10-22-14(18)15(11,12)23(19,20)21;/h11-12H,1-10H2,(H,16,17)(H,19,20,21);/q;+1/p-1. The number of cyclic esters (lactones) is 1. The molecule has 0 amide bonds. The van der Waals surface area contributed by atoms with Gasteiger partial charge in [-0.3, -0.25) is 9.35 Å². The van der Waals surface area contributed by atoms with Gasteiger partial charge in [-0.2, -0.15) is 8.42 Å². The van der Waals surface area contributed by atoms with Crippen molar-refractivity contribution in [3.63, 3.8) is 0 Å². The molecule has 2 fully saturated rings. The zero-order valence-electron chi connectivity index (χ0n) is 14.0. The second kappa shape index (κ2) is 8.98. The summed E-state index contributed by atoms with van der Waals surface area (Å²) < 4.78 is 35.7. The summed E-state index contributed by atoms with van der Waals surface area (Å²) in [5.41, 5.74) is 0. The van der Waals surface area contributed by atoms with E-state index in [1.807, 2.05) is 0 Å². The van der Waals surface area contributed by atoms with Crippen LogP contribution in [0.25, 0.3) is 0 Å². The molecule has 2 rings (SSSR count). The molecule has 9 heteroatoms. The Morgan fingerprint density at radius 3 is 2.08 bits per heavy atom. The first-order valence-corrected chi connectivity index (χ1v) is 9.62. The summed E-state index contributed by atoms with van der Waals surface area (Å²) in [4.78, 5) is 23.5. The number of esters is 1. The molecular formula is C15H23NaO7S. The number of aliphatic carboxylic acids is 1. The van der Waals surface area contributed by atoms with E-state index < -0.39 is 38.6 Å². The van der Waals surface area contributed by atoms with Crippen LogP contribution < -0.4 is 34.7 Å². The van der Waals surface area contributed by atoms with Gasteiger partial charge in [0.1, 0.15) is 0 Å². The van der Waals surface area contributed by atoms with Crippen LogP contribution in [-0.2, 0) is 24.4 Å². The van der Waals surface area contributed by atoms with Crippen LogP contribution in [-0.4, -0.2) is 36.3 Å². The third-order valence-electron chi connectivity index (χ3n) is 4.95. The summed E-state index contributed by atoms with van der Waals surface area (Å²) >= 11 is 0. The van der Waals surface area contributed by atoms with Gasteiger partial charge in [0, 0.05) is 17.8 Å². The summed E-state index contributed by atoms with van der Waals surface area (Å²) in [5.74, 6) is -5.29. The number of carbonyl (C=O) groups excluding carboxylic acids is 2. The van der Waals surface area contributed by atoms with Crippen LogP contribution in [0.1, 0.15) is 57.8 Å². The molecule has 3 atom stereocenters. The third kappa shape index (κ3) is 4.33. The van der Waals surface area contributed by atoms with Crippen LogP contribution in [0.15, 0.2) is 0 Å². The summed E-state index contributed by atoms with van der Waals surface area (Å²) in [7, 11) is -4.90. The van der Waals surface area contributed by atoms with E-state index in [0.29, 0.717) is 12.8 Å². The van der Waals surface area contributed by atoms with Gasteiger partial charge >= 0.3 is 35.5 Å². The molecule has 0 aromatic rings. The Hall–Kier alpha value is -0.150. The van der Waals surface area contributed by atoms with E-state index in [0.717, 1.165) is 38.5 Å². The molecule has 7 nitrogen and oxygen atoms in total. The predicted molar refractivity (Wildman–Crippen MR) is 78.8 cm³/mol. The van der Waals surface area contributed by atoms with Crippen LogP contribution in [0.2, 0.25) is 0 Å². The molecule has 24 heavy (non-hydrogen) atoms. The van der Waals surface area contributed by atoms with Crippen LogP contribution >= 0.6 is 0 Å². The normalized spacial score (nSPS) is 32.5. The topological polar surface area (TPSA) is 121 Å². The number of carboxylic acid groups (broad SMARTS) is 1. The van der Waals surface area contributed by atoms with E-state index in [4.69, 9.17) is 4.74 Å². The quantitative estimate of drug-likeness (QED) is 0.329. The van der Waals surface area contributed by atoms with E-state index in [2.05, 4.69) is 0 Å². The second-order valence-corrected chi connectivity index (χ2v) is 8.05. The number of rotatable bonds is 2. The smallest absolute Gasteiger partial charge is 0.550 e. The van der Waals surface area contributed by atoms with Crippen LogP contribution in [0.4, 0.5) is 0 Å². The summed E-state index contributed by atoms with van der Waals surface area (Å²) in [5, 5.41) is 11.3. The Morgan fingerprint density at radius 2 is 1.58 bits per heavy atom. The van der Waals surface area contributed by atoms with Crippen molar-refractivity contribution >= 4 is 22.1 Å². The van der Waals surface area contributed by atoms with Crippen molar-refractivity contribution in [3.05, 3.63) is 0 Å². The van der Waals surface area contributed by atoms with Gasteiger partial charge in [0.25, 0.3) is 10.1 Å². The van der Waals surface area contributed by atoms with Gasteiger partial charge < -0.3 is 14.6 Å². The van der Waals surface area contributed by atoms with Gasteiger partial charge in [0.05, 0.1) is 6.61 Å². The minimum absolute atomic E-state index is 0. The average Bonchev–Trinajstić information content (AvgIpc) is 3.14. The zero-order valence-corrected chi connectivity index (χ0v) is 16.8. The fourth-order valence-electron chi connectivity index (χ4n) is 3.69. The molecule has 1 N–H and O–H groups in total. The molecule has 2 aliphatic rings. The summed E-state index contributed by atoms with van der Waals surface area (Å²) in [6, 6.07) is 0. The maximum Gasteiger partial charge on any atom is 1.00 e. The first-order valence-electron chi connectivity index (χ1n) is 8.18. The molecule has 3 unspecified atom stereocenters. The molecule has 1 saturated carbocycles. The molecule has 1 heterocycles. The van der Waals surface area contributed by atoms with Crippen molar-refractivity contribution in [3.8, 4) is 0 Å². The van der Waals surface area contributed by atoms with E-state index in [1.165, 1.54) is 0 Å². The van der Waals surface area contributed by atoms with E-state index >= 15 is 0 Å². The van der Waals surface area contributed by atoms with Crippen LogP contribution in [0, 0.1) is 11.8 Å². The SMILES string of the molecule is O=C([O-])C1C2CCCCCCCCCCOC(=O)C21S(=O)(=O)O.[Na+]. The van der Waals surface area contributed by atoms with Crippen molar-refractivity contribution in [2.24, 2.45) is 11.8 Å². The zero-order chi connectivity index (χ0) is 17.1. The molecule has 0 aromatic carbocycles. The van der Waals surface area contributed by atoms with Crippen molar-refractivity contribution < 1.29 is 62.0 Å². The van der Waals surface area contributed by atoms with Gasteiger partial charge in [-0.15, -0.1) is 0 Å². The van der Waals surface area contributed by atoms with Gasteiger partial charge in [0.15, 0.2) is 0 Å². The summed E-state index contributed by atoms with van der Waals surface area (Å²) in [6.45, 7) is 0.0303. The largest absolute Gasteiger partial charge is 1.00 e. The summed E-state index contributed by atoms with van der Waals surface area (Å²) in [6.07, 6.45) is 7.34. The van der Waals surface area contributed by atoms with Gasteiger partial charge in [-0.25, -0.2) is 0 Å². The van der Waals surface area contributed by atoms with E-state index in [1.54, 1.807) is 0 Å². The van der Waals surface area contributed by atoms with Crippen LogP contribution in [0.5, 0.6) is 0 Å². The maximum atomic E-state index is 12.3. The molecule has 0 radical (unpaired) electrons. The second-order valence-electron chi connectivity index (χ2n) is 6.42. The van der Waals surface area contributed by atoms with Gasteiger partial charge in [-0.1, -0.05) is 44.9 Å². The van der Waals surface area contributed by atoms with Gasteiger partial charge in [0.2, 0.25) is 4.75 Å². The number of ether oxygens (including phenoxy) is 1. The van der Waals surface area contributed by atoms with Crippen molar-refractivity contribution in [2.75, 3.05) is 6.61 Å². The van der Waals surface area contributed by atoms with E-state index in [9.17, 15) is 27.7 Å². The molecule has 132 valence electrons. The maximum absolute atomic E-state index is 12.3. The van der Waals surface area contributed by atoms with Crippen LogP contribution in [0.3, 0.4) is 0 Å². The number of hydrogen-bond acceptors (Lipinski definition) is 6. The fourth-order valence-corrected chi connectivity index (χ4v) is 5.11. The predicted octanol–water partition coefficient (Wildman–Crippen LogP) is -2.32. The number of carbonyl (C=O) groups is 2. The fraction of sp³-hybridized carbons (Fsp3) is 0.867. The number of carboxylic acids is 1. The third-order valence-corrected chi connectivity index (χ3v) is 6.53. The Morgan fingerprint density at radius 1 is 1.08 bits per heavy atom. The molecule has 1 aliphatic heterocycles. The molecule has 0 aromatic heterocycles. The first kappa shape index (κ1) is 21.9. The van der Waals surface area contributed by atoms with E-state index in [-0.39, 0.29) is 42.6 Å². The number of hydrogen-bond donors (Lipinski definition) is 1.